The Labute approximate surface area is 126 Å². The van der Waals surface area contributed by atoms with Crippen molar-refractivity contribution >= 4 is 34.2 Å². The normalized spacial score (nSPS) is 29.2. The van der Waals surface area contributed by atoms with Crippen molar-refractivity contribution in [3.8, 4) is 0 Å². The molecule has 1 aromatic rings. The number of nitrogens with one attached hydrogen (secondary N) is 1. The van der Waals surface area contributed by atoms with Crippen molar-refractivity contribution in [3.63, 3.8) is 0 Å². The highest BCUT2D eigenvalue weighted by molar-refractivity contribution is 14.1. The molecule has 3 fully saturated rings. The van der Waals surface area contributed by atoms with E-state index in [1.807, 2.05) is 6.07 Å². The lowest BCUT2D eigenvalue weighted by molar-refractivity contribution is 0.0620. The lowest BCUT2D eigenvalue weighted by atomic mass is 9.84. The summed E-state index contributed by atoms with van der Waals surface area (Å²) < 4.78 is 0.930. The number of carbonyl (C=O) groups is 1. The van der Waals surface area contributed by atoms with Crippen LogP contribution in [0.4, 0.5) is 5.69 Å². The number of amides is 1. The number of anilines is 1. The molecule has 102 valence electrons. The molecular weight excluding hydrogens is 353 g/mol. The van der Waals surface area contributed by atoms with E-state index in [2.05, 4.69) is 32.8 Å². The smallest absolute Gasteiger partial charge is 0.251 e. The third-order valence-electron chi connectivity index (χ3n) is 4.24. The first-order valence-electron chi connectivity index (χ1n) is 6.72. The molecule has 4 nitrogen and oxygen atoms in total. The Morgan fingerprint density at radius 2 is 2.11 bits per heavy atom. The SMILES string of the molecule is Nc1ccc(C(=O)NC2CN3CCC2CC3)cc1I. The Balaban J connectivity index is 1.69. The minimum absolute atomic E-state index is 0.0247. The molecule has 1 amide bonds. The zero-order valence-electron chi connectivity index (χ0n) is 10.7. The predicted octanol–water partition coefficient (Wildman–Crippen LogP) is 1.70. The number of halogens is 1. The van der Waals surface area contributed by atoms with E-state index < -0.39 is 0 Å². The van der Waals surface area contributed by atoms with Crippen molar-refractivity contribution in [3.05, 3.63) is 27.3 Å². The topological polar surface area (TPSA) is 58.4 Å². The van der Waals surface area contributed by atoms with E-state index in [9.17, 15) is 4.79 Å². The number of carbonyl (C=O) groups excluding carboxylic acids is 1. The summed E-state index contributed by atoms with van der Waals surface area (Å²) in [5.41, 5.74) is 7.20. The Morgan fingerprint density at radius 3 is 2.68 bits per heavy atom. The van der Waals surface area contributed by atoms with Gasteiger partial charge in [0.2, 0.25) is 0 Å². The molecule has 1 aromatic carbocycles. The van der Waals surface area contributed by atoms with Gasteiger partial charge < -0.3 is 16.0 Å². The summed E-state index contributed by atoms with van der Waals surface area (Å²) in [6.45, 7) is 3.39. The van der Waals surface area contributed by atoms with Gasteiger partial charge in [-0.1, -0.05) is 0 Å². The van der Waals surface area contributed by atoms with Crippen LogP contribution in [0.1, 0.15) is 23.2 Å². The maximum absolute atomic E-state index is 12.3. The van der Waals surface area contributed by atoms with Crippen molar-refractivity contribution in [1.82, 2.24) is 10.2 Å². The van der Waals surface area contributed by atoms with Gasteiger partial charge in [0.05, 0.1) is 0 Å². The van der Waals surface area contributed by atoms with Crippen LogP contribution in [0.2, 0.25) is 0 Å². The standard InChI is InChI=1S/C14H18IN3O/c15-11-7-10(1-2-12(11)16)14(19)17-13-8-18-5-3-9(13)4-6-18/h1-2,7,9,13H,3-6,8,16H2,(H,17,19). The van der Waals surface area contributed by atoms with Gasteiger partial charge in [-0.25, -0.2) is 0 Å². The fourth-order valence-electron chi connectivity index (χ4n) is 3.05. The average molecular weight is 371 g/mol. The second-order valence-corrected chi connectivity index (χ2v) is 6.62. The molecule has 3 heterocycles. The number of fused-ring (bicyclic) bond motifs is 3. The number of rotatable bonds is 2. The molecule has 1 atom stereocenters. The summed E-state index contributed by atoms with van der Waals surface area (Å²) in [5.74, 6) is 0.679. The van der Waals surface area contributed by atoms with E-state index in [1.54, 1.807) is 12.1 Å². The van der Waals surface area contributed by atoms with Gasteiger partial charge in [-0.05, 0) is 72.6 Å². The molecule has 19 heavy (non-hydrogen) atoms. The van der Waals surface area contributed by atoms with Crippen molar-refractivity contribution in [2.45, 2.75) is 18.9 Å². The first-order valence-corrected chi connectivity index (χ1v) is 7.79. The van der Waals surface area contributed by atoms with Crippen LogP contribution in [0.15, 0.2) is 18.2 Å². The van der Waals surface area contributed by atoms with E-state index in [1.165, 1.54) is 25.9 Å². The quantitative estimate of drug-likeness (QED) is 0.615. The van der Waals surface area contributed by atoms with Crippen LogP contribution in [0, 0.1) is 9.49 Å². The molecule has 0 spiro atoms. The van der Waals surface area contributed by atoms with Crippen LogP contribution >= 0.6 is 22.6 Å². The van der Waals surface area contributed by atoms with Crippen molar-refractivity contribution in [1.29, 1.82) is 0 Å². The minimum atomic E-state index is 0.0247. The number of hydrogen-bond acceptors (Lipinski definition) is 3. The molecule has 3 aliphatic heterocycles. The lowest BCUT2D eigenvalue weighted by Crippen LogP contribution is -2.57. The van der Waals surface area contributed by atoms with Crippen molar-refractivity contribution in [2.24, 2.45) is 5.92 Å². The van der Waals surface area contributed by atoms with Gasteiger partial charge in [-0.2, -0.15) is 0 Å². The Morgan fingerprint density at radius 1 is 1.37 bits per heavy atom. The summed E-state index contributed by atoms with van der Waals surface area (Å²) in [6, 6.07) is 5.76. The van der Waals surface area contributed by atoms with E-state index in [4.69, 9.17) is 5.73 Å². The van der Waals surface area contributed by atoms with Crippen LogP contribution < -0.4 is 11.1 Å². The second kappa shape index (κ2) is 5.28. The largest absolute Gasteiger partial charge is 0.398 e. The van der Waals surface area contributed by atoms with Crippen LogP contribution in [0.3, 0.4) is 0 Å². The Hall–Kier alpha value is -0.820. The monoisotopic (exact) mass is 371 g/mol. The van der Waals surface area contributed by atoms with Gasteiger partial charge >= 0.3 is 0 Å². The average Bonchev–Trinajstić information content (AvgIpc) is 2.43. The summed E-state index contributed by atoms with van der Waals surface area (Å²) in [7, 11) is 0. The van der Waals surface area contributed by atoms with E-state index in [-0.39, 0.29) is 5.91 Å². The molecular formula is C14H18IN3O. The van der Waals surface area contributed by atoms with E-state index in [0.717, 1.165) is 15.8 Å². The van der Waals surface area contributed by atoms with Gasteiger partial charge in [0.1, 0.15) is 0 Å². The third kappa shape index (κ3) is 2.72. The first kappa shape index (κ1) is 13.2. The molecule has 0 saturated carbocycles. The van der Waals surface area contributed by atoms with Crippen LogP contribution in [-0.4, -0.2) is 36.5 Å². The zero-order chi connectivity index (χ0) is 13.4. The molecule has 1 unspecified atom stereocenters. The summed E-state index contributed by atoms with van der Waals surface area (Å²) in [4.78, 5) is 14.7. The lowest BCUT2D eigenvalue weighted by Gasteiger charge is -2.44. The number of hydrogen-bond donors (Lipinski definition) is 2. The maximum atomic E-state index is 12.3. The van der Waals surface area contributed by atoms with Crippen molar-refractivity contribution < 1.29 is 4.79 Å². The summed E-state index contributed by atoms with van der Waals surface area (Å²) >= 11 is 2.16. The first-order chi connectivity index (χ1) is 9.13. The highest BCUT2D eigenvalue weighted by Gasteiger charge is 2.34. The van der Waals surface area contributed by atoms with Crippen LogP contribution in [0.5, 0.6) is 0 Å². The zero-order valence-corrected chi connectivity index (χ0v) is 12.9. The fraction of sp³-hybridized carbons (Fsp3) is 0.500. The molecule has 0 aliphatic carbocycles. The van der Waals surface area contributed by atoms with Gasteiger partial charge in [0.25, 0.3) is 5.91 Å². The molecule has 0 aromatic heterocycles. The molecule has 3 aliphatic rings. The highest BCUT2D eigenvalue weighted by Crippen LogP contribution is 2.27. The summed E-state index contributed by atoms with van der Waals surface area (Å²) in [5, 5.41) is 3.19. The predicted molar refractivity (Wildman–Crippen MR) is 84.0 cm³/mol. The van der Waals surface area contributed by atoms with Gasteiger partial charge in [0.15, 0.2) is 0 Å². The van der Waals surface area contributed by atoms with E-state index in [0.29, 0.717) is 17.5 Å². The molecule has 3 saturated heterocycles. The number of nitrogens with zero attached hydrogens (tertiary/aromatic N) is 1. The number of nitrogen functional groups attached to an aromatic ring is 1. The van der Waals surface area contributed by atoms with Gasteiger partial charge in [-0.3, -0.25) is 4.79 Å². The summed E-state index contributed by atoms with van der Waals surface area (Å²) in [6.07, 6.45) is 2.43. The second-order valence-electron chi connectivity index (χ2n) is 5.45. The highest BCUT2D eigenvalue weighted by atomic mass is 127. The molecule has 4 rings (SSSR count). The number of nitrogens with two attached hydrogens (primary N) is 1. The number of piperidine rings is 3. The Kier molecular flexibility index (Phi) is 3.66. The minimum Gasteiger partial charge on any atom is -0.398 e. The fourth-order valence-corrected chi connectivity index (χ4v) is 3.56. The Bertz CT molecular complexity index is 497. The third-order valence-corrected chi connectivity index (χ3v) is 5.17. The van der Waals surface area contributed by atoms with Crippen LogP contribution in [-0.2, 0) is 0 Å². The molecule has 5 heteroatoms. The molecule has 2 bridgehead atoms. The van der Waals surface area contributed by atoms with Gasteiger partial charge in [0, 0.05) is 27.4 Å². The number of benzene rings is 1. The molecule has 0 radical (unpaired) electrons. The van der Waals surface area contributed by atoms with Crippen LogP contribution in [0.25, 0.3) is 0 Å². The van der Waals surface area contributed by atoms with E-state index >= 15 is 0 Å². The van der Waals surface area contributed by atoms with Crippen molar-refractivity contribution in [2.75, 3.05) is 25.4 Å². The van der Waals surface area contributed by atoms with Gasteiger partial charge in [-0.15, -0.1) is 0 Å². The maximum Gasteiger partial charge on any atom is 0.251 e. The molecule has 3 N–H and O–H groups in total.